The van der Waals surface area contributed by atoms with E-state index in [0.717, 1.165) is 0 Å². The van der Waals surface area contributed by atoms with Gasteiger partial charge in [-0.2, -0.15) is 0 Å². The Morgan fingerprint density at radius 3 is 1.40 bits per heavy atom. The van der Waals surface area contributed by atoms with Gasteiger partial charge in [0.25, 0.3) is 0 Å². The molecular formula is C59H64N2S2. The third kappa shape index (κ3) is 6.59. The minimum absolute atomic E-state index is 0.0303. The highest BCUT2D eigenvalue weighted by atomic mass is 32.1. The van der Waals surface area contributed by atoms with Crippen LogP contribution in [0.1, 0.15) is 170 Å². The number of anilines is 6. The van der Waals surface area contributed by atoms with Crippen LogP contribution >= 0.6 is 22.7 Å². The summed E-state index contributed by atoms with van der Waals surface area (Å²) in [6.45, 7) is 28.1. The van der Waals surface area contributed by atoms with Gasteiger partial charge in [0, 0.05) is 47.9 Å². The van der Waals surface area contributed by atoms with Crippen molar-refractivity contribution in [1.29, 1.82) is 0 Å². The summed E-state index contributed by atoms with van der Waals surface area (Å²) in [7, 11) is 0. The van der Waals surface area contributed by atoms with E-state index >= 15 is 0 Å². The number of rotatable bonds is 3. The zero-order chi connectivity index (χ0) is 44.1. The first-order chi connectivity index (χ1) is 29.8. The molecule has 4 heterocycles. The second-order valence-corrected chi connectivity index (χ2v) is 25.4. The summed E-state index contributed by atoms with van der Waals surface area (Å²) >= 11 is 4.06. The summed E-state index contributed by atoms with van der Waals surface area (Å²) in [5.41, 5.74) is 19.6. The molecule has 4 heteroatoms. The number of nitrogens with zero attached hydrogens (tertiary/aromatic N) is 2. The van der Waals surface area contributed by atoms with Crippen molar-refractivity contribution in [2.75, 3.05) is 9.80 Å². The lowest BCUT2D eigenvalue weighted by atomic mass is 9.82. The Balaban J connectivity index is 1.28. The van der Waals surface area contributed by atoms with Crippen molar-refractivity contribution >= 4 is 88.1 Å². The van der Waals surface area contributed by atoms with Gasteiger partial charge in [-0.1, -0.05) is 139 Å². The first-order valence-corrected chi connectivity index (χ1v) is 25.3. The second kappa shape index (κ2) is 13.9. The van der Waals surface area contributed by atoms with Crippen molar-refractivity contribution < 1.29 is 0 Å². The maximum Gasteiger partial charge on any atom is 0.0724 e. The monoisotopic (exact) mass is 864 g/mol. The van der Waals surface area contributed by atoms with E-state index in [9.17, 15) is 0 Å². The normalized spacial score (nSPS) is 17.8. The average Bonchev–Trinajstić information content (AvgIpc) is 3.75. The highest BCUT2D eigenvalue weighted by Crippen LogP contribution is 2.74. The van der Waals surface area contributed by atoms with Crippen LogP contribution in [0.2, 0.25) is 0 Å². The molecule has 1 fully saturated rings. The molecule has 0 amide bonds. The summed E-state index contributed by atoms with van der Waals surface area (Å²) in [5.74, 6) is 0.773. The van der Waals surface area contributed by atoms with Gasteiger partial charge in [0.1, 0.15) is 0 Å². The van der Waals surface area contributed by atoms with Gasteiger partial charge >= 0.3 is 0 Å². The van der Waals surface area contributed by atoms with Crippen LogP contribution in [0.15, 0.2) is 97.1 Å². The summed E-state index contributed by atoms with van der Waals surface area (Å²) in [6.07, 6.45) is 6.44. The predicted octanol–water partition coefficient (Wildman–Crippen LogP) is 18.6. The fourth-order valence-corrected chi connectivity index (χ4v) is 13.4. The minimum atomic E-state index is 0.0303. The lowest BCUT2D eigenvalue weighted by molar-refractivity contribution is 0.444. The van der Waals surface area contributed by atoms with E-state index in [4.69, 9.17) is 0 Å². The molecule has 0 spiro atoms. The van der Waals surface area contributed by atoms with Crippen molar-refractivity contribution in [2.24, 2.45) is 0 Å². The first-order valence-electron chi connectivity index (χ1n) is 23.7. The van der Waals surface area contributed by atoms with Gasteiger partial charge in [-0.25, -0.2) is 0 Å². The van der Waals surface area contributed by atoms with E-state index in [2.05, 4.69) is 190 Å². The molecule has 0 radical (unpaired) electrons. The molecule has 4 aliphatic rings. The van der Waals surface area contributed by atoms with E-state index in [0.29, 0.717) is 5.92 Å². The number of hydrogen-bond acceptors (Lipinski definition) is 4. The predicted molar refractivity (Wildman–Crippen MR) is 277 cm³/mol. The van der Waals surface area contributed by atoms with Gasteiger partial charge in [0.05, 0.1) is 27.6 Å². The molecule has 322 valence electrons. The lowest BCUT2D eigenvalue weighted by Crippen LogP contribution is -2.18. The second-order valence-electron chi connectivity index (χ2n) is 23.3. The van der Waals surface area contributed by atoms with Crippen LogP contribution in [0.3, 0.4) is 0 Å². The summed E-state index contributed by atoms with van der Waals surface area (Å²) in [5, 5.41) is 2.75. The first kappa shape index (κ1) is 41.1. The van der Waals surface area contributed by atoms with Crippen molar-refractivity contribution in [1.82, 2.24) is 0 Å². The topological polar surface area (TPSA) is 6.48 Å². The van der Waals surface area contributed by atoms with Gasteiger partial charge < -0.3 is 9.80 Å². The van der Waals surface area contributed by atoms with Crippen LogP contribution in [0.25, 0.3) is 31.3 Å². The Kier molecular flexibility index (Phi) is 9.09. The standard InChI is InChI=1S/C59H64N2S2/c1-56(2,3)36-18-24-40(25-19-36)60-44-30-35(34-16-14-13-15-17-34)31-45-48(44)49-50(54-52(60)42-32-38(58(7,8)9)22-28-46(42)62-54)51(49)55-53(43-33-39(59(10,11)12)23-29-47(43)63-55)61(45)41-26-20-37(21-27-41)57(4,5)6/h18-34,50H,13-17H2,1-12H3. The highest BCUT2D eigenvalue weighted by molar-refractivity contribution is 7.22. The maximum atomic E-state index is 2.73. The fourth-order valence-electron chi connectivity index (χ4n) is 10.9. The summed E-state index contributed by atoms with van der Waals surface area (Å²) in [4.78, 5) is 8.38. The average molecular weight is 865 g/mol. The van der Waals surface area contributed by atoms with E-state index in [1.807, 2.05) is 22.7 Å². The van der Waals surface area contributed by atoms with Crippen molar-refractivity contribution in [3.8, 4) is 0 Å². The maximum absolute atomic E-state index is 2.73. The van der Waals surface area contributed by atoms with E-state index in [-0.39, 0.29) is 27.6 Å². The van der Waals surface area contributed by atoms with Crippen LogP contribution < -0.4 is 9.80 Å². The molecular weight excluding hydrogens is 801 g/mol. The SMILES string of the molecule is CC(C)(C)c1ccc(N2c3cc(C4CCCCC4)cc4c3C3=C(c5sc6ccc(C(C)(C)C)cc6c52)C3c2sc3ccc(C(C)(C)C)cc3c2N4c2ccc(C(C)(C)C)cc2)cc1. The third-order valence-electron chi connectivity index (χ3n) is 14.7. The fraction of sp³-hybridized carbons (Fsp3) is 0.390. The largest absolute Gasteiger partial charge is 0.308 e. The Bertz CT molecular complexity index is 3010. The molecule has 2 aliphatic carbocycles. The van der Waals surface area contributed by atoms with Gasteiger partial charge in [-0.05, 0) is 140 Å². The number of fused-ring (bicyclic) bond motifs is 9. The highest BCUT2D eigenvalue weighted by Gasteiger charge is 2.52. The van der Waals surface area contributed by atoms with Crippen LogP contribution in [0.4, 0.5) is 34.1 Å². The van der Waals surface area contributed by atoms with Gasteiger partial charge in [0.2, 0.25) is 0 Å². The molecule has 1 saturated carbocycles. The molecule has 2 aromatic heterocycles. The van der Waals surface area contributed by atoms with Crippen molar-refractivity contribution in [3.05, 3.63) is 140 Å². The smallest absolute Gasteiger partial charge is 0.0724 e. The number of allylic oxidation sites excluding steroid dienone is 2. The molecule has 2 aliphatic heterocycles. The molecule has 1 unspecified atom stereocenters. The van der Waals surface area contributed by atoms with E-state index < -0.39 is 0 Å². The third-order valence-corrected chi connectivity index (χ3v) is 17.2. The Morgan fingerprint density at radius 1 is 0.460 bits per heavy atom. The van der Waals surface area contributed by atoms with Crippen LogP contribution in [0, 0.1) is 0 Å². The molecule has 1 atom stereocenters. The number of hydrogen-bond donors (Lipinski definition) is 0. The van der Waals surface area contributed by atoms with Gasteiger partial charge in [0.15, 0.2) is 0 Å². The molecule has 0 bridgehead atoms. The minimum Gasteiger partial charge on any atom is -0.308 e. The molecule has 63 heavy (non-hydrogen) atoms. The van der Waals surface area contributed by atoms with Crippen molar-refractivity contribution in [3.63, 3.8) is 0 Å². The summed E-state index contributed by atoms with van der Waals surface area (Å²) < 4.78 is 2.75. The quantitative estimate of drug-likeness (QED) is 0.175. The van der Waals surface area contributed by atoms with Crippen molar-refractivity contribution in [2.45, 2.75) is 149 Å². The van der Waals surface area contributed by atoms with Crippen LogP contribution in [-0.2, 0) is 21.7 Å². The van der Waals surface area contributed by atoms with E-state index in [1.54, 1.807) is 0 Å². The zero-order valence-electron chi connectivity index (χ0n) is 39.6. The molecule has 0 N–H and O–H groups in total. The molecule has 0 saturated heterocycles. The van der Waals surface area contributed by atoms with Crippen LogP contribution in [0.5, 0.6) is 0 Å². The zero-order valence-corrected chi connectivity index (χ0v) is 41.3. The molecule has 5 aromatic carbocycles. The number of benzene rings is 5. The Morgan fingerprint density at radius 2 is 0.905 bits per heavy atom. The Labute approximate surface area is 384 Å². The Hall–Kier alpha value is -4.64. The molecule has 7 aromatic rings. The van der Waals surface area contributed by atoms with Crippen LogP contribution in [-0.4, -0.2) is 0 Å². The molecule has 11 rings (SSSR count). The van der Waals surface area contributed by atoms with Gasteiger partial charge in [-0.3, -0.25) is 0 Å². The molecule has 2 nitrogen and oxygen atoms in total. The van der Waals surface area contributed by atoms with E-state index in [1.165, 1.54) is 141 Å². The summed E-state index contributed by atoms with van der Waals surface area (Å²) in [6, 6.07) is 39.3. The number of thiophene rings is 2. The lowest BCUT2D eigenvalue weighted by Gasteiger charge is -2.34. The van der Waals surface area contributed by atoms with Gasteiger partial charge in [-0.15, -0.1) is 22.7 Å².